The third kappa shape index (κ3) is 3.68. The Labute approximate surface area is 191 Å². The number of anilines is 1. The first-order valence-electron chi connectivity index (χ1n) is 9.63. The predicted octanol–water partition coefficient (Wildman–Crippen LogP) is 4.77. The standard InChI is InChI=1S/C22H17BrN4O3S/c1-13-4-2-7-16(10-13)27-21(28)19-17(8-9-31-19)26(22(27)29)12-18-24-20(25-30-18)14-5-3-6-15(23)11-14/h2-11,17,19H,12H2,1H3. The van der Waals surface area contributed by atoms with Crippen LogP contribution in [0.3, 0.4) is 0 Å². The van der Waals surface area contributed by atoms with Crippen LogP contribution in [0.5, 0.6) is 0 Å². The number of benzene rings is 2. The number of nitrogens with zero attached hydrogens (tertiary/aromatic N) is 4. The minimum atomic E-state index is -0.398. The van der Waals surface area contributed by atoms with Crippen LogP contribution in [0.1, 0.15) is 11.5 Å². The molecule has 2 atom stereocenters. The summed E-state index contributed by atoms with van der Waals surface area (Å²) in [5, 5.41) is 5.53. The molecule has 0 saturated carbocycles. The number of fused-ring (bicyclic) bond motifs is 1. The number of imide groups is 1. The summed E-state index contributed by atoms with van der Waals surface area (Å²) in [6.07, 6.45) is 1.88. The normalized spacial score (nSPS) is 20.5. The molecule has 9 heteroatoms. The van der Waals surface area contributed by atoms with Crippen molar-refractivity contribution in [1.82, 2.24) is 15.0 Å². The quantitative estimate of drug-likeness (QED) is 0.517. The highest BCUT2D eigenvalue weighted by Gasteiger charge is 2.48. The second-order valence-corrected chi connectivity index (χ2v) is 9.29. The molecule has 0 radical (unpaired) electrons. The number of aromatic nitrogens is 2. The zero-order valence-corrected chi connectivity index (χ0v) is 18.8. The van der Waals surface area contributed by atoms with Crippen LogP contribution in [-0.4, -0.2) is 38.3 Å². The van der Waals surface area contributed by atoms with Crippen molar-refractivity contribution in [3.05, 3.63) is 75.9 Å². The summed E-state index contributed by atoms with van der Waals surface area (Å²) in [5.41, 5.74) is 2.34. The molecule has 0 spiro atoms. The molecule has 0 bridgehead atoms. The van der Waals surface area contributed by atoms with Gasteiger partial charge in [0.15, 0.2) is 0 Å². The molecule has 3 aromatic rings. The average molecular weight is 497 g/mol. The van der Waals surface area contributed by atoms with Crippen LogP contribution in [0.4, 0.5) is 10.5 Å². The fourth-order valence-corrected chi connectivity index (χ4v) is 5.17. The Morgan fingerprint density at radius 3 is 2.81 bits per heavy atom. The summed E-state index contributed by atoms with van der Waals surface area (Å²) in [4.78, 5) is 33.9. The number of urea groups is 1. The summed E-state index contributed by atoms with van der Waals surface area (Å²) >= 11 is 4.86. The first-order valence-corrected chi connectivity index (χ1v) is 11.4. The molecule has 3 amide bonds. The van der Waals surface area contributed by atoms with E-state index in [2.05, 4.69) is 26.1 Å². The van der Waals surface area contributed by atoms with Gasteiger partial charge in [-0.3, -0.25) is 4.79 Å². The summed E-state index contributed by atoms with van der Waals surface area (Å²) in [6.45, 7) is 2.04. The van der Waals surface area contributed by atoms with Crippen molar-refractivity contribution >= 4 is 45.3 Å². The van der Waals surface area contributed by atoms with Crippen LogP contribution in [0, 0.1) is 6.92 Å². The summed E-state index contributed by atoms with van der Waals surface area (Å²) in [5.74, 6) is 0.540. The highest BCUT2D eigenvalue weighted by Crippen LogP contribution is 2.37. The second kappa shape index (κ2) is 7.97. The van der Waals surface area contributed by atoms with E-state index in [0.29, 0.717) is 17.4 Å². The largest absolute Gasteiger partial charge is 0.337 e. The van der Waals surface area contributed by atoms with Gasteiger partial charge in [-0.15, -0.1) is 11.8 Å². The molecule has 7 nitrogen and oxygen atoms in total. The smallest absolute Gasteiger partial charge is 0.332 e. The van der Waals surface area contributed by atoms with E-state index >= 15 is 0 Å². The summed E-state index contributed by atoms with van der Waals surface area (Å²) < 4.78 is 6.35. The number of halogens is 1. The molecule has 1 aromatic heterocycles. The predicted molar refractivity (Wildman–Crippen MR) is 121 cm³/mol. The second-order valence-electron chi connectivity index (χ2n) is 7.32. The van der Waals surface area contributed by atoms with Crippen LogP contribution in [0.25, 0.3) is 11.4 Å². The van der Waals surface area contributed by atoms with E-state index in [-0.39, 0.29) is 18.5 Å². The summed E-state index contributed by atoms with van der Waals surface area (Å²) in [7, 11) is 0. The Morgan fingerprint density at radius 2 is 2.00 bits per heavy atom. The van der Waals surface area contributed by atoms with Crippen molar-refractivity contribution in [2.45, 2.75) is 24.8 Å². The molecule has 0 aliphatic carbocycles. The van der Waals surface area contributed by atoms with Crippen molar-refractivity contribution in [3.63, 3.8) is 0 Å². The fourth-order valence-electron chi connectivity index (χ4n) is 3.73. The average Bonchev–Trinajstić information content (AvgIpc) is 3.41. The first-order chi connectivity index (χ1) is 15.0. The first kappa shape index (κ1) is 20.0. The molecule has 0 N–H and O–H groups in total. The van der Waals surface area contributed by atoms with Crippen molar-refractivity contribution in [2.75, 3.05) is 4.90 Å². The topological polar surface area (TPSA) is 79.5 Å². The lowest BCUT2D eigenvalue weighted by Crippen LogP contribution is -2.61. The van der Waals surface area contributed by atoms with Gasteiger partial charge < -0.3 is 9.42 Å². The third-order valence-electron chi connectivity index (χ3n) is 5.19. The molecular weight excluding hydrogens is 480 g/mol. The van der Waals surface area contributed by atoms with Gasteiger partial charge in [-0.25, -0.2) is 9.69 Å². The van der Waals surface area contributed by atoms with Crippen LogP contribution in [0.15, 0.2) is 69.0 Å². The molecule has 1 fully saturated rings. The van der Waals surface area contributed by atoms with E-state index in [1.54, 1.807) is 11.0 Å². The Balaban J connectivity index is 1.46. The van der Waals surface area contributed by atoms with Gasteiger partial charge in [-0.2, -0.15) is 4.98 Å². The highest BCUT2D eigenvalue weighted by molar-refractivity contribution is 9.10. The molecule has 2 aliphatic heterocycles. The third-order valence-corrected chi connectivity index (χ3v) is 6.77. The summed E-state index contributed by atoms with van der Waals surface area (Å²) in [6, 6.07) is 14.2. The molecule has 3 heterocycles. The number of carbonyl (C=O) groups is 2. The van der Waals surface area contributed by atoms with Crippen LogP contribution in [0.2, 0.25) is 0 Å². The van der Waals surface area contributed by atoms with Gasteiger partial charge in [-0.1, -0.05) is 51.4 Å². The van der Waals surface area contributed by atoms with Crippen molar-refractivity contribution < 1.29 is 14.1 Å². The van der Waals surface area contributed by atoms with Gasteiger partial charge >= 0.3 is 6.03 Å². The van der Waals surface area contributed by atoms with Gasteiger partial charge in [0, 0.05) is 10.0 Å². The van der Waals surface area contributed by atoms with E-state index in [0.717, 1.165) is 15.6 Å². The number of rotatable bonds is 4. The molecule has 156 valence electrons. The molecular formula is C22H17BrN4O3S. The zero-order valence-electron chi connectivity index (χ0n) is 16.4. The SMILES string of the molecule is Cc1cccc(N2C(=O)C3SC=CC3N(Cc3nc(-c4cccc(Br)c4)no3)C2=O)c1. The lowest BCUT2D eigenvalue weighted by atomic mass is 10.1. The number of hydrogen-bond donors (Lipinski definition) is 0. The van der Waals surface area contributed by atoms with Gasteiger partial charge in [-0.05, 0) is 42.2 Å². The molecule has 1 saturated heterocycles. The molecule has 2 aromatic carbocycles. The minimum absolute atomic E-state index is 0.113. The minimum Gasteiger partial charge on any atom is -0.337 e. The monoisotopic (exact) mass is 496 g/mol. The number of carbonyl (C=O) groups excluding carboxylic acids is 2. The maximum absolute atomic E-state index is 13.4. The molecule has 5 rings (SSSR count). The number of hydrogen-bond acceptors (Lipinski definition) is 6. The number of aryl methyl sites for hydroxylation is 1. The van der Waals surface area contributed by atoms with Gasteiger partial charge in [0.1, 0.15) is 11.8 Å². The van der Waals surface area contributed by atoms with E-state index in [1.165, 1.54) is 16.7 Å². The van der Waals surface area contributed by atoms with Crippen LogP contribution >= 0.6 is 27.7 Å². The molecule has 2 aliphatic rings. The van der Waals surface area contributed by atoms with Gasteiger partial charge in [0.25, 0.3) is 5.91 Å². The van der Waals surface area contributed by atoms with E-state index in [9.17, 15) is 9.59 Å². The molecule has 2 unspecified atom stereocenters. The van der Waals surface area contributed by atoms with Crippen LogP contribution < -0.4 is 4.90 Å². The van der Waals surface area contributed by atoms with E-state index in [1.807, 2.05) is 60.9 Å². The van der Waals surface area contributed by atoms with Crippen molar-refractivity contribution in [2.24, 2.45) is 0 Å². The maximum atomic E-state index is 13.4. The lowest BCUT2D eigenvalue weighted by molar-refractivity contribution is -0.119. The van der Waals surface area contributed by atoms with Gasteiger partial charge in [0.05, 0.1) is 11.7 Å². The zero-order chi connectivity index (χ0) is 21.5. The van der Waals surface area contributed by atoms with E-state index in [4.69, 9.17) is 4.52 Å². The lowest BCUT2D eigenvalue weighted by Gasteiger charge is -2.40. The van der Waals surface area contributed by atoms with E-state index < -0.39 is 11.3 Å². The number of thioether (sulfide) groups is 1. The maximum Gasteiger partial charge on any atom is 0.332 e. The fraction of sp³-hybridized carbons (Fsp3) is 0.182. The van der Waals surface area contributed by atoms with Crippen molar-refractivity contribution in [1.29, 1.82) is 0 Å². The van der Waals surface area contributed by atoms with Crippen LogP contribution in [-0.2, 0) is 11.3 Å². The highest BCUT2D eigenvalue weighted by atomic mass is 79.9. The Hall–Kier alpha value is -2.91. The van der Waals surface area contributed by atoms with Gasteiger partial charge in [0.2, 0.25) is 11.7 Å². The van der Waals surface area contributed by atoms with Crippen molar-refractivity contribution in [3.8, 4) is 11.4 Å². The molecule has 31 heavy (non-hydrogen) atoms. The number of amides is 3. The Bertz CT molecular complexity index is 1210. The Morgan fingerprint density at radius 1 is 1.16 bits per heavy atom. The Kier molecular flexibility index (Phi) is 5.15.